The minimum absolute atomic E-state index is 0.154. The van der Waals surface area contributed by atoms with Gasteiger partial charge in [0.2, 0.25) is 0 Å². The van der Waals surface area contributed by atoms with Gasteiger partial charge in [-0.15, -0.1) is 0 Å². The van der Waals surface area contributed by atoms with Crippen LogP contribution in [-0.4, -0.2) is 17.6 Å². The number of furan rings is 1. The first-order valence-electron chi connectivity index (χ1n) is 5.87. The Bertz CT molecular complexity index is 708. The number of hydrogen-bond acceptors (Lipinski definition) is 4. The topological polar surface area (TPSA) is 61.4 Å². The Labute approximate surface area is 103 Å². The van der Waals surface area contributed by atoms with Crippen LogP contribution in [0.1, 0.15) is 28.2 Å². The van der Waals surface area contributed by atoms with Crippen LogP contribution in [0.4, 0.5) is 0 Å². The standard InChI is InChI=1S/C13H13NO4/c1-7-6-8-10(13(16)17-2)9-4-3-5-14(9)12(15)11(8)18-7/h6H,3-5H2,1-2H3. The highest BCUT2D eigenvalue weighted by Crippen LogP contribution is 2.27. The van der Waals surface area contributed by atoms with Crippen LogP contribution >= 0.6 is 0 Å². The van der Waals surface area contributed by atoms with E-state index in [1.807, 2.05) is 0 Å². The molecule has 0 amide bonds. The first-order valence-corrected chi connectivity index (χ1v) is 5.87. The van der Waals surface area contributed by atoms with E-state index >= 15 is 0 Å². The molecule has 5 heteroatoms. The summed E-state index contributed by atoms with van der Waals surface area (Å²) in [6.07, 6.45) is 1.59. The molecule has 0 radical (unpaired) electrons. The van der Waals surface area contributed by atoms with Crippen molar-refractivity contribution in [1.82, 2.24) is 4.57 Å². The number of methoxy groups -OCH3 is 1. The lowest BCUT2D eigenvalue weighted by Crippen LogP contribution is -2.22. The van der Waals surface area contributed by atoms with E-state index < -0.39 is 5.97 Å². The molecule has 3 rings (SSSR count). The lowest BCUT2D eigenvalue weighted by Gasteiger charge is -2.08. The van der Waals surface area contributed by atoms with Gasteiger partial charge in [0.1, 0.15) is 5.76 Å². The van der Waals surface area contributed by atoms with Crippen LogP contribution in [0, 0.1) is 6.92 Å². The zero-order valence-electron chi connectivity index (χ0n) is 10.3. The van der Waals surface area contributed by atoms with Gasteiger partial charge in [-0.2, -0.15) is 0 Å². The van der Waals surface area contributed by atoms with Gasteiger partial charge >= 0.3 is 5.97 Å². The highest BCUT2D eigenvalue weighted by Gasteiger charge is 2.27. The summed E-state index contributed by atoms with van der Waals surface area (Å²) < 4.78 is 11.9. The number of nitrogens with zero attached hydrogens (tertiary/aromatic N) is 1. The molecule has 0 spiro atoms. The first kappa shape index (κ1) is 11.1. The van der Waals surface area contributed by atoms with Crippen LogP contribution in [0.15, 0.2) is 15.3 Å². The maximum atomic E-state index is 12.2. The molecule has 0 unspecified atom stereocenters. The number of esters is 1. The summed E-state index contributed by atoms with van der Waals surface area (Å²) in [6, 6.07) is 1.72. The molecule has 0 saturated heterocycles. The number of aryl methyl sites for hydroxylation is 1. The van der Waals surface area contributed by atoms with Crippen LogP contribution in [-0.2, 0) is 17.7 Å². The SMILES string of the molecule is COC(=O)c1c2n(c(=O)c3oc(C)cc13)CCC2. The van der Waals surface area contributed by atoms with Crippen LogP contribution < -0.4 is 5.56 Å². The van der Waals surface area contributed by atoms with Gasteiger partial charge in [-0.3, -0.25) is 4.79 Å². The van der Waals surface area contributed by atoms with Crippen LogP contribution in [0.3, 0.4) is 0 Å². The molecule has 0 aliphatic carbocycles. The number of hydrogen-bond donors (Lipinski definition) is 0. The molecule has 0 aromatic carbocycles. The summed E-state index contributed by atoms with van der Waals surface area (Å²) in [5.74, 6) is 0.211. The monoisotopic (exact) mass is 247 g/mol. The number of rotatable bonds is 1. The van der Waals surface area contributed by atoms with Crippen LogP contribution in [0.5, 0.6) is 0 Å². The van der Waals surface area contributed by atoms with E-state index in [1.165, 1.54) is 7.11 Å². The highest BCUT2D eigenvalue weighted by molar-refractivity contribution is 6.04. The van der Waals surface area contributed by atoms with Crippen molar-refractivity contribution >= 4 is 16.9 Å². The number of carbonyl (C=O) groups excluding carboxylic acids is 1. The van der Waals surface area contributed by atoms with Gasteiger partial charge in [0, 0.05) is 17.6 Å². The van der Waals surface area contributed by atoms with E-state index in [0.717, 1.165) is 18.5 Å². The van der Waals surface area contributed by atoms with E-state index in [2.05, 4.69) is 0 Å². The highest BCUT2D eigenvalue weighted by atomic mass is 16.5. The normalized spacial score (nSPS) is 13.9. The lowest BCUT2D eigenvalue weighted by molar-refractivity contribution is 0.0601. The Morgan fingerprint density at radius 3 is 3.00 bits per heavy atom. The molecular weight excluding hydrogens is 234 g/mol. The lowest BCUT2D eigenvalue weighted by atomic mass is 10.1. The van der Waals surface area contributed by atoms with Crippen molar-refractivity contribution in [2.75, 3.05) is 7.11 Å². The molecule has 5 nitrogen and oxygen atoms in total. The van der Waals surface area contributed by atoms with E-state index in [1.54, 1.807) is 17.6 Å². The summed E-state index contributed by atoms with van der Waals surface area (Å²) in [7, 11) is 1.35. The number of carbonyl (C=O) groups is 1. The van der Waals surface area contributed by atoms with Crippen molar-refractivity contribution in [1.29, 1.82) is 0 Å². The molecule has 2 aromatic heterocycles. The summed E-state index contributed by atoms with van der Waals surface area (Å²) in [5.41, 5.74) is 1.33. The van der Waals surface area contributed by atoms with Crippen molar-refractivity contribution in [2.24, 2.45) is 0 Å². The van der Waals surface area contributed by atoms with Gasteiger partial charge in [-0.05, 0) is 25.8 Å². The third-order valence-corrected chi connectivity index (χ3v) is 3.36. The van der Waals surface area contributed by atoms with Gasteiger partial charge in [-0.1, -0.05) is 0 Å². The summed E-state index contributed by atoms with van der Waals surface area (Å²) >= 11 is 0. The predicted octanol–water partition coefficient (Wildman–Crippen LogP) is 1.64. The van der Waals surface area contributed by atoms with Crippen molar-refractivity contribution in [3.63, 3.8) is 0 Å². The number of pyridine rings is 1. The second-order valence-corrected chi connectivity index (χ2v) is 4.47. The maximum absolute atomic E-state index is 12.2. The first-order chi connectivity index (χ1) is 8.63. The average molecular weight is 247 g/mol. The molecule has 2 aromatic rings. The third-order valence-electron chi connectivity index (χ3n) is 3.36. The fourth-order valence-corrected chi connectivity index (χ4v) is 2.63. The molecule has 0 N–H and O–H groups in total. The van der Waals surface area contributed by atoms with E-state index in [9.17, 15) is 9.59 Å². The quantitative estimate of drug-likeness (QED) is 0.719. The van der Waals surface area contributed by atoms with Gasteiger partial charge < -0.3 is 13.7 Å². The van der Waals surface area contributed by atoms with Gasteiger partial charge in [0.05, 0.1) is 12.7 Å². The molecule has 3 heterocycles. The van der Waals surface area contributed by atoms with E-state index in [0.29, 0.717) is 23.3 Å². The van der Waals surface area contributed by atoms with Gasteiger partial charge in [-0.25, -0.2) is 4.79 Å². The maximum Gasteiger partial charge on any atom is 0.340 e. The number of ether oxygens (including phenoxy) is 1. The molecule has 1 aliphatic heterocycles. The zero-order chi connectivity index (χ0) is 12.9. The Morgan fingerprint density at radius 1 is 1.50 bits per heavy atom. The zero-order valence-corrected chi connectivity index (χ0v) is 10.3. The van der Waals surface area contributed by atoms with E-state index in [-0.39, 0.29) is 11.1 Å². The van der Waals surface area contributed by atoms with E-state index in [4.69, 9.17) is 9.15 Å². The van der Waals surface area contributed by atoms with Crippen molar-refractivity contribution < 1.29 is 13.9 Å². The molecular formula is C13H13NO4. The second-order valence-electron chi connectivity index (χ2n) is 4.47. The number of aromatic nitrogens is 1. The van der Waals surface area contributed by atoms with Gasteiger partial charge in [0.15, 0.2) is 5.58 Å². The largest absolute Gasteiger partial charge is 0.465 e. The molecule has 1 aliphatic rings. The van der Waals surface area contributed by atoms with Crippen LogP contribution in [0.25, 0.3) is 11.0 Å². The fraction of sp³-hybridized carbons (Fsp3) is 0.385. The molecule has 0 bridgehead atoms. The van der Waals surface area contributed by atoms with Crippen LogP contribution in [0.2, 0.25) is 0 Å². The Balaban J connectivity index is 2.48. The molecule has 0 fully saturated rings. The molecule has 0 saturated carbocycles. The molecule has 18 heavy (non-hydrogen) atoms. The Morgan fingerprint density at radius 2 is 2.28 bits per heavy atom. The summed E-state index contributed by atoms with van der Waals surface area (Å²) in [4.78, 5) is 24.1. The van der Waals surface area contributed by atoms with Crippen molar-refractivity contribution in [2.45, 2.75) is 26.3 Å². The third kappa shape index (κ3) is 1.33. The van der Waals surface area contributed by atoms with Crippen molar-refractivity contribution in [3.05, 3.63) is 33.4 Å². The van der Waals surface area contributed by atoms with Crippen molar-refractivity contribution in [3.8, 4) is 0 Å². The Hall–Kier alpha value is -2.04. The average Bonchev–Trinajstić information content (AvgIpc) is 2.95. The summed E-state index contributed by atoms with van der Waals surface area (Å²) in [6.45, 7) is 2.39. The predicted molar refractivity (Wildman–Crippen MR) is 64.9 cm³/mol. The second kappa shape index (κ2) is 3.73. The molecule has 94 valence electrons. The number of fused-ring (bicyclic) bond motifs is 2. The van der Waals surface area contributed by atoms with Gasteiger partial charge in [0.25, 0.3) is 5.56 Å². The molecule has 0 atom stereocenters. The summed E-state index contributed by atoms with van der Waals surface area (Å²) in [5, 5.41) is 0.567. The smallest absolute Gasteiger partial charge is 0.340 e. The minimum atomic E-state index is -0.411. The minimum Gasteiger partial charge on any atom is -0.465 e. The Kier molecular flexibility index (Phi) is 2.29. The fourth-order valence-electron chi connectivity index (χ4n) is 2.63.